The summed E-state index contributed by atoms with van der Waals surface area (Å²) in [5, 5.41) is 0. The quantitative estimate of drug-likeness (QED) is 0.547. The molecule has 1 nitrogen and oxygen atoms in total. The number of pyridine rings is 1. The molecule has 0 aromatic carbocycles. The zero-order valence-electron chi connectivity index (χ0n) is 4.76. The second kappa shape index (κ2) is 4.16. The normalized spacial score (nSPS) is 7.62. The molecule has 39 valence electrons. The van der Waals surface area contributed by atoms with Gasteiger partial charge in [0.05, 0.1) is 0 Å². The topological polar surface area (TPSA) is 12.9 Å². The van der Waals surface area contributed by atoms with Gasteiger partial charge in [-0.25, -0.2) is 0 Å². The predicted molar refractivity (Wildman–Crippen MR) is 27.8 cm³/mol. The molecular formula is C6H6NY-. The van der Waals surface area contributed by atoms with Gasteiger partial charge in [-0.3, -0.25) is 0 Å². The molecule has 1 radical (unpaired) electrons. The zero-order valence-corrected chi connectivity index (χ0v) is 7.59. The number of rotatable bonds is 0. The van der Waals surface area contributed by atoms with Gasteiger partial charge in [0.25, 0.3) is 0 Å². The first kappa shape index (κ1) is 8.25. The molecule has 0 saturated heterocycles. The van der Waals surface area contributed by atoms with Gasteiger partial charge in [0.15, 0.2) is 0 Å². The Morgan fingerprint density at radius 2 is 2.38 bits per heavy atom. The first-order valence-corrected chi connectivity index (χ1v) is 2.19. The predicted octanol–water partition coefficient (Wildman–Crippen LogP) is 1.19. The zero-order chi connectivity index (χ0) is 5.11. The van der Waals surface area contributed by atoms with Crippen LogP contribution >= 0.6 is 0 Å². The van der Waals surface area contributed by atoms with Crippen LogP contribution in [0.3, 0.4) is 0 Å². The average Bonchev–Trinajstić information content (AvgIpc) is 1.69. The molecule has 0 aliphatic heterocycles. The van der Waals surface area contributed by atoms with E-state index in [-0.39, 0.29) is 32.7 Å². The van der Waals surface area contributed by atoms with Gasteiger partial charge in [-0.05, 0) is 0 Å². The second-order valence-electron chi connectivity index (χ2n) is 1.43. The van der Waals surface area contributed by atoms with Crippen LogP contribution in [-0.4, -0.2) is 4.98 Å². The molecule has 0 aliphatic carbocycles. The Balaban J connectivity index is 0.000000490. The molecule has 1 rings (SSSR count). The molecule has 8 heavy (non-hydrogen) atoms. The van der Waals surface area contributed by atoms with E-state index in [1.165, 1.54) is 0 Å². The van der Waals surface area contributed by atoms with Gasteiger partial charge in [0.2, 0.25) is 0 Å². The molecule has 1 aromatic heterocycles. The molecule has 2 heteroatoms. The van der Waals surface area contributed by atoms with Crippen LogP contribution in [0.5, 0.6) is 0 Å². The van der Waals surface area contributed by atoms with Crippen molar-refractivity contribution in [2.75, 3.05) is 0 Å². The van der Waals surface area contributed by atoms with E-state index in [2.05, 4.69) is 11.2 Å². The maximum Gasteiger partial charge on any atom is 0 e. The summed E-state index contributed by atoms with van der Waals surface area (Å²) in [5.74, 6) is 0. The molecule has 0 bridgehead atoms. The Bertz CT molecular complexity index is 138. The van der Waals surface area contributed by atoms with Crippen LogP contribution in [0.1, 0.15) is 5.56 Å². The van der Waals surface area contributed by atoms with E-state index >= 15 is 0 Å². The number of aromatic nitrogens is 1. The smallest absolute Gasteiger partial charge is 0 e. The van der Waals surface area contributed by atoms with Crippen molar-refractivity contribution in [2.24, 2.45) is 0 Å². The van der Waals surface area contributed by atoms with Crippen molar-refractivity contribution in [3.8, 4) is 0 Å². The van der Waals surface area contributed by atoms with Crippen molar-refractivity contribution in [1.82, 2.24) is 4.98 Å². The second-order valence-corrected chi connectivity index (χ2v) is 1.43. The van der Waals surface area contributed by atoms with Crippen LogP contribution in [0, 0.1) is 13.1 Å². The standard InChI is InChI=1S/C6H6N.Y/c1-6-3-2-4-7-5-6;/h2-4H,1H3;/q-1;. The molecule has 1 aromatic rings. The molecule has 0 aliphatic rings. The minimum Gasteiger partial charge on any atom is -0.394 e. The van der Waals surface area contributed by atoms with Crippen LogP contribution in [0.25, 0.3) is 0 Å². The first-order chi connectivity index (χ1) is 3.39. The first-order valence-electron chi connectivity index (χ1n) is 2.19. The van der Waals surface area contributed by atoms with E-state index in [4.69, 9.17) is 0 Å². The summed E-state index contributed by atoms with van der Waals surface area (Å²) in [6, 6.07) is 3.86. The Hall–Kier alpha value is 0.254. The Kier molecular flexibility index (Phi) is 4.30. The van der Waals surface area contributed by atoms with Crippen molar-refractivity contribution >= 4 is 0 Å². The number of aryl methyl sites for hydroxylation is 1. The number of nitrogens with zero attached hydrogens (tertiary/aromatic N) is 1. The van der Waals surface area contributed by atoms with Crippen molar-refractivity contribution in [1.29, 1.82) is 0 Å². The van der Waals surface area contributed by atoms with Gasteiger partial charge in [-0.2, -0.15) is 12.1 Å². The fourth-order valence-electron chi connectivity index (χ4n) is 0.407. The van der Waals surface area contributed by atoms with E-state index in [1.807, 2.05) is 19.1 Å². The molecule has 0 fully saturated rings. The Morgan fingerprint density at radius 3 is 2.62 bits per heavy atom. The molecular weight excluding hydrogens is 175 g/mol. The van der Waals surface area contributed by atoms with Crippen LogP contribution in [0.15, 0.2) is 18.3 Å². The molecule has 0 saturated carbocycles. The Labute approximate surface area is 74.4 Å². The molecule has 0 unspecified atom stereocenters. The third-order valence-electron chi connectivity index (χ3n) is 0.748. The van der Waals surface area contributed by atoms with Crippen molar-refractivity contribution in [2.45, 2.75) is 6.92 Å². The van der Waals surface area contributed by atoms with Crippen LogP contribution in [0.2, 0.25) is 0 Å². The summed E-state index contributed by atoms with van der Waals surface area (Å²) in [6.45, 7) is 1.97. The maximum absolute atomic E-state index is 3.76. The van der Waals surface area contributed by atoms with E-state index in [0.717, 1.165) is 5.56 Å². The van der Waals surface area contributed by atoms with E-state index in [1.54, 1.807) is 6.20 Å². The monoisotopic (exact) mass is 181 g/mol. The summed E-state index contributed by atoms with van der Waals surface area (Å²) in [4.78, 5) is 3.76. The van der Waals surface area contributed by atoms with E-state index < -0.39 is 0 Å². The van der Waals surface area contributed by atoms with Crippen molar-refractivity contribution in [3.05, 3.63) is 30.1 Å². The largest absolute Gasteiger partial charge is 0.394 e. The molecule has 0 amide bonds. The third-order valence-corrected chi connectivity index (χ3v) is 0.748. The summed E-state index contributed by atoms with van der Waals surface area (Å²) in [5.41, 5.74) is 1.09. The van der Waals surface area contributed by atoms with E-state index in [0.29, 0.717) is 0 Å². The fourth-order valence-corrected chi connectivity index (χ4v) is 0.407. The van der Waals surface area contributed by atoms with Crippen LogP contribution in [-0.2, 0) is 32.7 Å². The van der Waals surface area contributed by atoms with Gasteiger partial charge in [0.1, 0.15) is 0 Å². The maximum atomic E-state index is 3.76. The van der Waals surface area contributed by atoms with Gasteiger partial charge < -0.3 is 4.98 Å². The number of hydrogen-bond acceptors (Lipinski definition) is 1. The van der Waals surface area contributed by atoms with Gasteiger partial charge in [0, 0.05) is 32.7 Å². The molecule has 0 spiro atoms. The van der Waals surface area contributed by atoms with Gasteiger partial charge in [-0.15, -0.1) is 5.56 Å². The molecule has 0 atom stereocenters. The minimum atomic E-state index is 0. The average molecular weight is 181 g/mol. The van der Waals surface area contributed by atoms with Crippen molar-refractivity contribution in [3.63, 3.8) is 0 Å². The molecule has 0 N–H and O–H groups in total. The fraction of sp³-hybridized carbons (Fsp3) is 0.167. The SMILES string of the molecule is Cc1[c-]nccc1.[Y]. The van der Waals surface area contributed by atoms with E-state index in [9.17, 15) is 0 Å². The van der Waals surface area contributed by atoms with Crippen molar-refractivity contribution < 1.29 is 32.7 Å². The Morgan fingerprint density at radius 1 is 1.62 bits per heavy atom. The minimum absolute atomic E-state index is 0. The van der Waals surface area contributed by atoms with Gasteiger partial charge in [-0.1, -0.05) is 19.3 Å². The third kappa shape index (κ3) is 2.53. The van der Waals surface area contributed by atoms with Crippen LogP contribution in [0.4, 0.5) is 0 Å². The summed E-state index contributed by atoms with van der Waals surface area (Å²) < 4.78 is 0. The molecule has 1 heterocycles. The number of hydrogen-bond donors (Lipinski definition) is 0. The summed E-state index contributed by atoms with van der Waals surface area (Å²) in [6.07, 6.45) is 4.50. The van der Waals surface area contributed by atoms with Gasteiger partial charge >= 0.3 is 0 Å². The van der Waals surface area contributed by atoms with Crippen LogP contribution < -0.4 is 0 Å². The summed E-state index contributed by atoms with van der Waals surface area (Å²) in [7, 11) is 0. The summed E-state index contributed by atoms with van der Waals surface area (Å²) >= 11 is 0.